The Kier molecular flexibility index (Phi) is 4.00. The molecule has 0 heterocycles. The van der Waals surface area contributed by atoms with Crippen molar-refractivity contribution in [2.75, 3.05) is 0 Å². The van der Waals surface area contributed by atoms with E-state index in [0.29, 0.717) is 0 Å². The molecule has 0 radical (unpaired) electrons. The lowest BCUT2D eigenvalue weighted by molar-refractivity contribution is 0.0498. The minimum atomic E-state index is -0.436. The van der Waals surface area contributed by atoms with Crippen LogP contribution in [0.5, 0.6) is 0 Å². The number of hydrogen-bond acceptors (Lipinski definition) is 2. The maximum atomic E-state index is 11.7. The Balaban J connectivity index is 2.61. The van der Waals surface area contributed by atoms with Crippen LogP contribution in [0.3, 0.4) is 0 Å². The van der Waals surface area contributed by atoms with E-state index in [2.05, 4.69) is 34.0 Å². The molecule has 0 bridgehead atoms. The van der Waals surface area contributed by atoms with Gasteiger partial charge in [0.15, 0.2) is 0 Å². The summed E-state index contributed by atoms with van der Waals surface area (Å²) in [5.41, 5.74) is 0.964. The van der Waals surface area contributed by atoms with Gasteiger partial charge in [-0.1, -0.05) is 11.6 Å². The van der Waals surface area contributed by atoms with E-state index in [4.69, 9.17) is 4.74 Å². The van der Waals surface area contributed by atoms with Crippen LogP contribution in [-0.2, 0) is 4.74 Å². The molecule has 0 saturated carbocycles. The molecule has 0 aromatic carbocycles. The van der Waals surface area contributed by atoms with Gasteiger partial charge in [-0.15, -0.1) is 0 Å². The van der Waals surface area contributed by atoms with Gasteiger partial charge in [0.1, 0.15) is 21.3 Å². The van der Waals surface area contributed by atoms with Crippen molar-refractivity contribution in [3.05, 3.63) is 11.6 Å². The highest BCUT2D eigenvalue weighted by atomic mass is 16.6. The molecule has 0 aromatic rings. The summed E-state index contributed by atoms with van der Waals surface area (Å²) in [4.78, 5) is 11.7. The summed E-state index contributed by atoms with van der Waals surface area (Å²) in [6.45, 7) is 7.78. The molecule has 1 aliphatic carbocycles. The number of amides is 1. The van der Waals surface area contributed by atoms with E-state index in [1.165, 1.54) is 5.57 Å². The van der Waals surface area contributed by atoms with Gasteiger partial charge in [-0.2, -0.15) is 0 Å². The molecule has 0 spiro atoms. The van der Waals surface area contributed by atoms with Gasteiger partial charge in [-0.25, -0.2) is 4.79 Å². The number of alkyl carbamates (subject to hydrolysis) is 1. The van der Waals surface area contributed by atoms with Crippen LogP contribution in [0.2, 0.25) is 5.21 Å². The average molecular weight is 235 g/mol. The first kappa shape index (κ1) is 14.2. The fraction of sp³-hybridized carbons (Fsp3) is 0.750. The van der Waals surface area contributed by atoms with Gasteiger partial charge >= 0.3 is 6.09 Å². The SMILES string of the molecule is BC1(B)C=C(C)CC[C@H]1NC(=O)OC(C)(C)C. The first-order chi connectivity index (χ1) is 7.60. The number of ether oxygens (including phenoxy) is 1. The molecule has 0 unspecified atom stereocenters. The van der Waals surface area contributed by atoms with E-state index in [-0.39, 0.29) is 17.3 Å². The van der Waals surface area contributed by atoms with Crippen molar-refractivity contribution in [2.45, 2.75) is 57.4 Å². The third kappa shape index (κ3) is 4.49. The second-order valence-corrected chi connectivity index (χ2v) is 6.55. The molecule has 1 N–H and O–H groups in total. The van der Waals surface area contributed by atoms with Gasteiger partial charge in [0, 0.05) is 6.04 Å². The molecular weight excluding hydrogens is 212 g/mol. The van der Waals surface area contributed by atoms with Crippen molar-refractivity contribution in [1.82, 2.24) is 5.32 Å². The molecule has 1 rings (SSSR count). The third-order valence-corrected chi connectivity index (χ3v) is 3.03. The molecule has 3 nitrogen and oxygen atoms in total. The zero-order chi connectivity index (χ0) is 13.3. The summed E-state index contributed by atoms with van der Waals surface area (Å²) >= 11 is 0. The molecule has 94 valence electrons. The Morgan fingerprint density at radius 3 is 2.59 bits per heavy atom. The lowest BCUT2D eigenvalue weighted by Crippen LogP contribution is -2.47. The Morgan fingerprint density at radius 1 is 1.53 bits per heavy atom. The van der Waals surface area contributed by atoms with Gasteiger partial charge in [-0.05, 0) is 45.8 Å². The standard InChI is InChI=1S/C12H23B2NO2/c1-8-5-6-9(12(13,14)7-8)15-10(16)17-11(2,3)4/h7,9H,5-6,13-14H2,1-4H3,(H,15,16)/t9-/m1/s1. The summed E-state index contributed by atoms with van der Waals surface area (Å²) in [7, 11) is 4.30. The molecule has 1 aliphatic rings. The molecule has 0 fully saturated rings. The number of allylic oxidation sites excluding steroid dienone is 1. The lowest BCUT2D eigenvalue weighted by Gasteiger charge is -2.37. The van der Waals surface area contributed by atoms with Gasteiger partial charge in [0.2, 0.25) is 0 Å². The number of nitrogens with one attached hydrogen (secondary N) is 1. The number of carbonyl (C=O) groups excluding carboxylic acids is 1. The van der Waals surface area contributed by atoms with Gasteiger partial charge in [0.25, 0.3) is 0 Å². The predicted octanol–water partition coefficient (Wildman–Crippen LogP) is 1.00. The molecule has 5 heteroatoms. The van der Waals surface area contributed by atoms with Gasteiger partial charge in [0.05, 0.1) is 0 Å². The van der Waals surface area contributed by atoms with Crippen LogP contribution in [0.1, 0.15) is 40.5 Å². The van der Waals surface area contributed by atoms with Crippen LogP contribution in [0.15, 0.2) is 11.6 Å². The highest BCUT2D eigenvalue weighted by Crippen LogP contribution is 2.34. The largest absolute Gasteiger partial charge is 0.444 e. The molecule has 17 heavy (non-hydrogen) atoms. The molecule has 0 saturated heterocycles. The maximum absolute atomic E-state index is 11.7. The van der Waals surface area contributed by atoms with E-state index in [1.54, 1.807) is 0 Å². The highest BCUT2D eigenvalue weighted by molar-refractivity contribution is 6.42. The van der Waals surface area contributed by atoms with Crippen LogP contribution in [0.4, 0.5) is 4.79 Å². The van der Waals surface area contributed by atoms with Crippen molar-refractivity contribution < 1.29 is 9.53 Å². The molecule has 0 aliphatic heterocycles. The Morgan fingerprint density at radius 2 is 2.12 bits per heavy atom. The topological polar surface area (TPSA) is 38.3 Å². The summed E-state index contributed by atoms with van der Waals surface area (Å²) < 4.78 is 5.29. The number of rotatable bonds is 1. The smallest absolute Gasteiger partial charge is 0.407 e. The Labute approximate surface area is 106 Å². The first-order valence-corrected chi connectivity index (χ1v) is 6.28. The Hall–Kier alpha value is -0.860. The van der Waals surface area contributed by atoms with Crippen molar-refractivity contribution in [3.8, 4) is 0 Å². The third-order valence-electron chi connectivity index (χ3n) is 3.03. The zero-order valence-corrected chi connectivity index (χ0v) is 11.9. The van der Waals surface area contributed by atoms with E-state index in [0.717, 1.165) is 12.8 Å². The zero-order valence-electron chi connectivity index (χ0n) is 11.9. The second-order valence-electron chi connectivity index (χ2n) is 6.55. The van der Waals surface area contributed by atoms with E-state index < -0.39 is 5.60 Å². The first-order valence-electron chi connectivity index (χ1n) is 6.28. The van der Waals surface area contributed by atoms with E-state index in [9.17, 15) is 4.79 Å². The molecular formula is C12H23B2NO2. The van der Waals surface area contributed by atoms with E-state index >= 15 is 0 Å². The quantitative estimate of drug-likeness (QED) is 0.543. The summed E-state index contributed by atoms with van der Waals surface area (Å²) in [5.74, 6) is 0. The van der Waals surface area contributed by atoms with Crippen LogP contribution in [0.25, 0.3) is 0 Å². The average Bonchev–Trinajstić information content (AvgIpc) is 2.05. The molecule has 1 atom stereocenters. The van der Waals surface area contributed by atoms with Gasteiger partial charge < -0.3 is 10.1 Å². The van der Waals surface area contributed by atoms with Crippen LogP contribution >= 0.6 is 0 Å². The van der Waals surface area contributed by atoms with Crippen LogP contribution < -0.4 is 5.32 Å². The Bertz CT molecular complexity index is 332. The highest BCUT2D eigenvalue weighted by Gasteiger charge is 2.32. The maximum Gasteiger partial charge on any atom is 0.407 e. The number of hydrogen-bond donors (Lipinski definition) is 1. The number of carbonyl (C=O) groups is 1. The lowest BCUT2D eigenvalue weighted by atomic mass is 9.48. The minimum absolute atomic E-state index is 0.000756. The summed E-state index contributed by atoms with van der Waals surface area (Å²) in [6.07, 6.45) is 3.96. The van der Waals surface area contributed by atoms with Crippen molar-refractivity contribution in [2.24, 2.45) is 0 Å². The molecule has 0 aromatic heterocycles. The fourth-order valence-electron chi connectivity index (χ4n) is 2.26. The summed E-state index contributed by atoms with van der Waals surface area (Å²) in [6, 6.07) is 0.154. The second kappa shape index (κ2) is 4.79. The van der Waals surface area contributed by atoms with Crippen LogP contribution in [0, 0.1) is 0 Å². The molecule has 1 amide bonds. The predicted molar refractivity (Wildman–Crippen MR) is 75.9 cm³/mol. The van der Waals surface area contributed by atoms with Crippen molar-refractivity contribution in [3.63, 3.8) is 0 Å². The fourth-order valence-corrected chi connectivity index (χ4v) is 2.26. The van der Waals surface area contributed by atoms with Crippen molar-refractivity contribution in [1.29, 1.82) is 0 Å². The van der Waals surface area contributed by atoms with E-state index in [1.807, 2.05) is 20.8 Å². The van der Waals surface area contributed by atoms with Gasteiger partial charge in [-0.3, -0.25) is 0 Å². The van der Waals surface area contributed by atoms with Crippen molar-refractivity contribution >= 4 is 21.8 Å². The van der Waals surface area contributed by atoms with Crippen LogP contribution in [-0.4, -0.2) is 33.4 Å². The minimum Gasteiger partial charge on any atom is -0.444 e. The summed E-state index contributed by atoms with van der Waals surface area (Å²) in [5, 5.41) is 2.98. The normalized spacial score (nSPS) is 23.8. The monoisotopic (exact) mass is 235 g/mol.